The van der Waals surface area contributed by atoms with Gasteiger partial charge in [0.25, 0.3) is 0 Å². The van der Waals surface area contributed by atoms with Crippen LogP contribution < -0.4 is 21.3 Å². The van der Waals surface area contributed by atoms with Crippen LogP contribution in [0.5, 0.6) is 0 Å². The molecule has 0 saturated carbocycles. The minimum absolute atomic E-state index is 0.0423. The minimum Gasteiger partial charge on any atom is -0.350 e. The number of carbonyl (C=O) groups excluding carboxylic acids is 1. The fourth-order valence-electron chi connectivity index (χ4n) is 2.55. The number of amides is 1. The Labute approximate surface area is 149 Å². The molecular weight excluding hydrogens is 322 g/mol. The quantitative estimate of drug-likeness (QED) is 0.296. The van der Waals surface area contributed by atoms with E-state index in [4.69, 9.17) is 0 Å². The zero-order valence-electron chi connectivity index (χ0n) is 14.8. The van der Waals surface area contributed by atoms with E-state index in [-0.39, 0.29) is 17.7 Å². The molecule has 0 radical (unpaired) electrons. The van der Waals surface area contributed by atoms with Gasteiger partial charge in [-0.25, -0.2) is 0 Å². The molecule has 1 amide bonds. The fraction of sp³-hybridized carbons (Fsp3) is 0.529. The molecule has 1 aromatic carbocycles. The first-order valence-corrected chi connectivity index (χ1v) is 8.45. The summed E-state index contributed by atoms with van der Waals surface area (Å²) < 4.78 is 0. The Morgan fingerprint density at radius 2 is 1.79 bits per heavy atom. The Morgan fingerprint density at radius 3 is 2.29 bits per heavy atom. The number of hydrogen-bond donors (Lipinski definition) is 4. The van der Waals surface area contributed by atoms with E-state index in [2.05, 4.69) is 43.6 Å². The Morgan fingerprint density at radius 1 is 1.21 bits per heavy atom. The third-order valence-corrected chi connectivity index (χ3v) is 4.27. The molecule has 0 aliphatic carbocycles. The summed E-state index contributed by atoms with van der Waals surface area (Å²) in [7, 11) is 5.64. The largest absolute Gasteiger partial charge is 0.350 e. The highest BCUT2D eigenvalue weighted by molar-refractivity contribution is 7.78. The van der Waals surface area contributed by atoms with Crippen LogP contribution in [0.2, 0.25) is 0 Å². The van der Waals surface area contributed by atoms with Crippen LogP contribution in [0, 0.1) is 0 Å². The maximum atomic E-state index is 12.1. The van der Waals surface area contributed by atoms with E-state index in [0.717, 1.165) is 24.1 Å². The number of benzene rings is 1. The predicted octanol–water partition coefficient (Wildman–Crippen LogP) is 2.08. The highest BCUT2D eigenvalue weighted by atomic mass is 32.1. The molecule has 1 aromatic rings. The highest BCUT2D eigenvalue weighted by Crippen LogP contribution is 2.18. The van der Waals surface area contributed by atoms with Crippen LogP contribution in [0.15, 0.2) is 29.3 Å². The first kappa shape index (κ1) is 20.4. The maximum Gasteiger partial charge on any atom is 0.220 e. The van der Waals surface area contributed by atoms with Gasteiger partial charge in [-0.05, 0) is 70.8 Å². The summed E-state index contributed by atoms with van der Waals surface area (Å²) in [6.07, 6.45) is 2.04. The average Bonchev–Trinajstić information content (AvgIpc) is 2.60. The Kier molecular flexibility index (Phi) is 8.74. The van der Waals surface area contributed by atoms with Crippen molar-refractivity contribution >= 4 is 29.0 Å². The van der Waals surface area contributed by atoms with E-state index in [9.17, 15) is 4.79 Å². The Balaban J connectivity index is 2.48. The number of aliphatic imine (C=N–C) groups is 1. The van der Waals surface area contributed by atoms with Crippen molar-refractivity contribution in [3.05, 3.63) is 29.8 Å². The number of nitrogens with zero attached hydrogens (tertiary/aromatic N) is 1. The van der Waals surface area contributed by atoms with E-state index in [1.807, 2.05) is 52.3 Å². The number of carbonyl (C=O) groups is 1. The number of nitrogens with one attached hydrogen (secondary N) is 4. The summed E-state index contributed by atoms with van der Waals surface area (Å²) in [6.45, 7) is 1.97. The molecular formula is C17H27N5OS. The topological polar surface area (TPSA) is 77.5 Å². The van der Waals surface area contributed by atoms with Gasteiger partial charge in [0.1, 0.15) is 5.79 Å². The summed E-state index contributed by atoms with van der Waals surface area (Å²) in [5.41, 5.74) is 1.79. The molecule has 7 heteroatoms. The van der Waals surface area contributed by atoms with Crippen molar-refractivity contribution < 1.29 is 4.79 Å². The SMILES string of the molecule is CNC(CCCC(=O)NC(C)c1ccc(N=C=S)cc1)(NC)NC. The van der Waals surface area contributed by atoms with Gasteiger partial charge in [0.15, 0.2) is 0 Å². The highest BCUT2D eigenvalue weighted by Gasteiger charge is 2.23. The summed E-state index contributed by atoms with van der Waals surface area (Å²) >= 11 is 4.58. The molecule has 0 bridgehead atoms. The second kappa shape index (κ2) is 10.3. The van der Waals surface area contributed by atoms with Crippen molar-refractivity contribution in [1.82, 2.24) is 21.3 Å². The predicted molar refractivity (Wildman–Crippen MR) is 101 cm³/mol. The van der Waals surface area contributed by atoms with Gasteiger partial charge in [-0.1, -0.05) is 12.1 Å². The zero-order chi connectivity index (χ0) is 18.0. The van der Waals surface area contributed by atoms with Gasteiger partial charge in [-0.2, -0.15) is 4.99 Å². The summed E-state index contributed by atoms with van der Waals surface area (Å²) in [5.74, 6) is -0.301. The molecule has 0 aliphatic rings. The fourth-order valence-corrected chi connectivity index (χ4v) is 2.66. The molecule has 0 spiro atoms. The molecule has 0 heterocycles. The zero-order valence-corrected chi connectivity index (χ0v) is 15.6. The Hall–Kier alpha value is -1.63. The third-order valence-electron chi connectivity index (χ3n) is 4.18. The second-order valence-electron chi connectivity index (χ2n) is 5.59. The molecule has 0 saturated heterocycles. The van der Waals surface area contributed by atoms with Crippen molar-refractivity contribution in [1.29, 1.82) is 0 Å². The molecule has 1 atom stereocenters. The molecule has 1 unspecified atom stereocenters. The summed E-state index contributed by atoms with van der Waals surface area (Å²) in [6, 6.07) is 7.54. The third kappa shape index (κ3) is 6.11. The summed E-state index contributed by atoms with van der Waals surface area (Å²) in [5, 5.41) is 14.9. The number of hydrogen-bond acceptors (Lipinski definition) is 6. The van der Waals surface area contributed by atoms with Crippen molar-refractivity contribution in [2.75, 3.05) is 21.1 Å². The van der Waals surface area contributed by atoms with Crippen molar-refractivity contribution in [2.45, 2.75) is 38.0 Å². The molecule has 0 fully saturated rings. The van der Waals surface area contributed by atoms with Crippen LogP contribution in [0.3, 0.4) is 0 Å². The summed E-state index contributed by atoms with van der Waals surface area (Å²) in [4.78, 5) is 16.0. The van der Waals surface area contributed by atoms with Crippen molar-refractivity contribution in [3.8, 4) is 0 Å². The molecule has 6 nitrogen and oxygen atoms in total. The first-order chi connectivity index (χ1) is 11.5. The molecule has 132 valence electrons. The van der Waals surface area contributed by atoms with Gasteiger partial charge in [0, 0.05) is 6.42 Å². The molecule has 0 aliphatic heterocycles. The normalized spacial score (nSPS) is 12.3. The molecule has 24 heavy (non-hydrogen) atoms. The molecule has 1 rings (SSSR count). The van der Waals surface area contributed by atoms with Crippen molar-refractivity contribution in [2.24, 2.45) is 4.99 Å². The van der Waals surface area contributed by atoms with Crippen LogP contribution in [0.25, 0.3) is 0 Å². The van der Waals surface area contributed by atoms with Crippen LogP contribution in [-0.2, 0) is 4.79 Å². The standard InChI is InChI=1S/C17H27N5OS/c1-13(14-7-9-15(10-8-14)21-12-24)22-16(23)6-5-11-17(18-2,19-3)20-4/h7-10,13,18-20H,5-6,11H2,1-4H3,(H,22,23). The van der Waals surface area contributed by atoms with Crippen molar-refractivity contribution in [3.63, 3.8) is 0 Å². The van der Waals surface area contributed by atoms with Crippen LogP contribution in [0.1, 0.15) is 37.8 Å². The first-order valence-electron chi connectivity index (χ1n) is 8.04. The Bertz CT molecular complexity index is 557. The van der Waals surface area contributed by atoms with Gasteiger partial charge >= 0.3 is 0 Å². The van der Waals surface area contributed by atoms with Crippen LogP contribution in [0.4, 0.5) is 5.69 Å². The maximum absolute atomic E-state index is 12.1. The minimum atomic E-state index is -0.343. The van der Waals surface area contributed by atoms with E-state index >= 15 is 0 Å². The second-order valence-corrected chi connectivity index (χ2v) is 5.78. The van der Waals surface area contributed by atoms with Gasteiger partial charge in [-0.3, -0.25) is 20.7 Å². The molecule has 4 N–H and O–H groups in total. The monoisotopic (exact) mass is 349 g/mol. The lowest BCUT2D eigenvalue weighted by molar-refractivity contribution is -0.121. The van der Waals surface area contributed by atoms with Gasteiger partial charge in [0.05, 0.1) is 16.9 Å². The van der Waals surface area contributed by atoms with E-state index < -0.39 is 0 Å². The van der Waals surface area contributed by atoms with E-state index in [1.165, 1.54) is 0 Å². The van der Waals surface area contributed by atoms with Crippen LogP contribution >= 0.6 is 12.2 Å². The van der Waals surface area contributed by atoms with Gasteiger partial charge in [0.2, 0.25) is 5.91 Å². The number of isothiocyanates is 1. The lowest BCUT2D eigenvalue weighted by Gasteiger charge is -2.33. The number of thiocarbonyl (C=S) groups is 1. The van der Waals surface area contributed by atoms with Crippen LogP contribution in [-0.4, -0.2) is 38.0 Å². The van der Waals surface area contributed by atoms with E-state index in [0.29, 0.717) is 6.42 Å². The number of rotatable bonds is 10. The molecule has 0 aromatic heterocycles. The smallest absolute Gasteiger partial charge is 0.220 e. The lowest BCUT2D eigenvalue weighted by atomic mass is 10.1. The van der Waals surface area contributed by atoms with Gasteiger partial charge in [-0.15, -0.1) is 0 Å². The average molecular weight is 350 g/mol. The van der Waals surface area contributed by atoms with E-state index in [1.54, 1.807) is 0 Å². The lowest BCUT2D eigenvalue weighted by Crippen LogP contribution is -2.63. The van der Waals surface area contributed by atoms with Gasteiger partial charge < -0.3 is 5.32 Å².